The summed E-state index contributed by atoms with van der Waals surface area (Å²) in [6.07, 6.45) is 11.9. The van der Waals surface area contributed by atoms with E-state index in [-0.39, 0.29) is 24.3 Å². The van der Waals surface area contributed by atoms with E-state index < -0.39 is 12.0 Å². The molecule has 26 heavy (non-hydrogen) atoms. The van der Waals surface area contributed by atoms with E-state index in [1.54, 1.807) is 0 Å². The van der Waals surface area contributed by atoms with E-state index in [0.717, 1.165) is 19.3 Å². The Labute approximate surface area is 163 Å². The highest BCUT2D eigenvalue weighted by molar-refractivity contribution is 5.85. The first-order valence-electron chi connectivity index (χ1n) is 9.55. The van der Waals surface area contributed by atoms with E-state index in [1.807, 2.05) is 0 Å². The molecule has 0 saturated carbocycles. The second-order valence-corrected chi connectivity index (χ2v) is 6.49. The number of aliphatic carboxylic acids is 1. The zero-order valence-corrected chi connectivity index (χ0v) is 16.9. The highest BCUT2D eigenvalue weighted by atomic mass is 35.5. The quantitative estimate of drug-likeness (QED) is 0.182. The van der Waals surface area contributed by atoms with Gasteiger partial charge in [-0.25, -0.2) is 4.79 Å². The largest absolute Gasteiger partial charge is 0.480 e. The molecule has 8 heteroatoms. The third-order valence-electron chi connectivity index (χ3n) is 4.09. The van der Waals surface area contributed by atoms with Gasteiger partial charge in [-0.05, 0) is 19.3 Å². The summed E-state index contributed by atoms with van der Waals surface area (Å²) in [7, 11) is 0. The minimum Gasteiger partial charge on any atom is -0.480 e. The van der Waals surface area contributed by atoms with Crippen LogP contribution in [0.25, 0.3) is 0 Å². The fourth-order valence-corrected chi connectivity index (χ4v) is 2.62. The van der Waals surface area contributed by atoms with Crippen molar-refractivity contribution < 1.29 is 14.7 Å². The average Bonchev–Trinajstić information content (AvgIpc) is 2.55. The number of nitrogens with one attached hydrogen (secondary N) is 1. The van der Waals surface area contributed by atoms with Gasteiger partial charge < -0.3 is 21.9 Å². The van der Waals surface area contributed by atoms with Gasteiger partial charge in [0.15, 0.2) is 5.96 Å². The number of carboxylic acid groups (broad SMARTS) is 1. The van der Waals surface area contributed by atoms with E-state index in [4.69, 9.17) is 16.6 Å². The molecule has 0 aromatic rings. The molecule has 0 aliphatic heterocycles. The number of guanidine groups is 1. The van der Waals surface area contributed by atoms with Crippen molar-refractivity contribution in [2.45, 2.75) is 90.0 Å². The van der Waals surface area contributed by atoms with Gasteiger partial charge in [0, 0.05) is 13.0 Å². The Hall–Kier alpha value is -1.50. The Kier molecular flexibility index (Phi) is 18.8. The van der Waals surface area contributed by atoms with Crippen LogP contribution in [0.2, 0.25) is 0 Å². The summed E-state index contributed by atoms with van der Waals surface area (Å²) in [6.45, 7) is 2.57. The zero-order chi connectivity index (χ0) is 18.9. The van der Waals surface area contributed by atoms with E-state index in [9.17, 15) is 9.59 Å². The predicted molar refractivity (Wildman–Crippen MR) is 109 cm³/mol. The predicted octanol–water partition coefficient (Wildman–Crippen LogP) is 2.95. The lowest BCUT2D eigenvalue weighted by atomic mass is 10.1. The smallest absolute Gasteiger partial charge is 0.326 e. The lowest BCUT2D eigenvalue weighted by Crippen LogP contribution is -2.40. The summed E-state index contributed by atoms with van der Waals surface area (Å²) in [6, 6.07) is -0.875. The van der Waals surface area contributed by atoms with Crippen LogP contribution in [0.4, 0.5) is 0 Å². The van der Waals surface area contributed by atoms with Crippen LogP contribution in [-0.2, 0) is 9.59 Å². The third kappa shape index (κ3) is 17.3. The normalized spacial score (nSPS) is 11.3. The molecule has 1 amide bonds. The number of nitrogens with two attached hydrogens (primary N) is 2. The van der Waals surface area contributed by atoms with Crippen molar-refractivity contribution in [2.75, 3.05) is 6.54 Å². The average molecular weight is 393 g/mol. The lowest BCUT2D eigenvalue weighted by Gasteiger charge is -2.14. The molecular weight excluding hydrogens is 356 g/mol. The molecule has 7 nitrogen and oxygen atoms in total. The van der Waals surface area contributed by atoms with Crippen LogP contribution in [-0.4, -0.2) is 35.5 Å². The topological polar surface area (TPSA) is 131 Å². The molecule has 0 radical (unpaired) electrons. The van der Waals surface area contributed by atoms with Gasteiger partial charge in [0.1, 0.15) is 6.04 Å². The minimum atomic E-state index is -1.02. The maximum Gasteiger partial charge on any atom is 0.326 e. The SMILES string of the molecule is CCCCCCCCCCCC(=O)N[C@H](CCCN=C(N)N)C(=O)O.Cl. The third-order valence-corrected chi connectivity index (χ3v) is 4.09. The first-order chi connectivity index (χ1) is 12.0. The summed E-state index contributed by atoms with van der Waals surface area (Å²) >= 11 is 0. The molecular formula is C18H37ClN4O3. The number of carbonyl (C=O) groups excluding carboxylic acids is 1. The van der Waals surface area contributed by atoms with Crippen molar-refractivity contribution in [2.24, 2.45) is 16.5 Å². The molecule has 0 aromatic carbocycles. The monoisotopic (exact) mass is 392 g/mol. The highest BCUT2D eigenvalue weighted by Crippen LogP contribution is 2.10. The molecule has 6 N–H and O–H groups in total. The van der Waals surface area contributed by atoms with Crippen molar-refractivity contribution in [1.82, 2.24) is 5.32 Å². The van der Waals surface area contributed by atoms with Gasteiger partial charge in [-0.2, -0.15) is 0 Å². The molecule has 0 aliphatic carbocycles. The Bertz CT molecular complexity index is 402. The van der Waals surface area contributed by atoms with E-state index in [0.29, 0.717) is 25.8 Å². The Morgan fingerprint density at radius 3 is 2.00 bits per heavy atom. The number of rotatable bonds is 16. The molecule has 0 fully saturated rings. The van der Waals surface area contributed by atoms with Crippen molar-refractivity contribution in [3.8, 4) is 0 Å². The molecule has 154 valence electrons. The van der Waals surface area contributed by atoms with Crippen LogP contribution >= 0.6 is 12.4 Å². The number of carboxylic acids is 1. The number of carbonyl (C=O) groups is 2. The molecule has 0 aliphatic rings. The second-order valence-electron chi connectivity index (χ2n) is 6.49. The standard InChI is InChI=1S/C18H36N4O3.ClH/c1-2-3-4-5-6-7-8-9-10-13-16(23)22-15(17(24)25)12-11-14-21-18(19)20;/h15H,2-14H2,1H3,(H,22,23)(H,24,25)(H4,19,20,21);1H/t15-;/m1./s1. The van der Waals surface area contributed by atoms with Crippen LogP contribution in [0, 0.1) is 0 Å². The minimum absolute atomic E-state index is 0. The van der Waals surface area contributed by atoms with E-state index >= 15 is 0 Å². The van der Waals surface area contributed by atoms with Crippen LogP contribution in [0.3, 0.4) is 0 Å². The van der Waals surface area contributed by atoms with E-state index in [2.05, 4.69) is 17.2 Å². The summed E-state index contributed by atoms with van der Waals surface area (Å²) in [5, 5.41) is 11.7. The maximum absolute atomic E-state index is 11.9. The van der Waals surface area contributed by atoms with Crippen molar-refractivity contribution in [3.05, 3.63) is 0 Å². The van der Waals surface area contributed by atoms with Gasteiger partial charge in [-0.1, -0.05) is 58.3 Å². The van der Waals surface area contributed by atoms with Crippen LogP contribution < -0.4 is 16.8 Å². The molecule has 1 atom stereocenters. The number of unbranched alkanes of at least 4 members (excludes halogenated alkanes) is 8. The molecule has 0 aromatic heterocycles. The van der Waals surface area contributed by atoms with Gasteiger partial charge in [-0.3, -0.25) is 9.79 Å². The summed E-state index contributed by atoms with van der Waals surface area (Å²) in [5.74, 6) is -1.23. The zero-order valence-electron chi connectivity index (χ0n) is 16.0. The molecule has 0 unspecified atom stereocenters. The molecule has 0 bridgehead atoms. The number of nitrogens with zero attached hydrogens (tertiary/aromatic N) is 1. The highest BCUT2D eigenvalue weighted by Gasteiger charge is 2.18. The Morgan fingerprint density at radius 2 is 1.50 bits per heavy atom. The molecule has 0 saturated heterocycles. The first kappa shape index (κ1) is 26.7. The first-order valence-corrected chi connectivity index (χ1v) is 9.55. The Balaban J connectivity index is 0. The number of amides is 1. The maximum atomic E-state index is 11.9. The molecule has 0 rings (SSSR count). The van der Waals surface area contributed by atoms with Gasteiger partial charge in [0.05, 0.1) is 0 Å². The van der Waals surface area contributed by atoms with E-state index in [1.165, 1.54) is 38.5 Å². The summed E-state index contributed by atoms with van der Waals surface area (Å²) in [5.41, 5.74) is 10.4. The lowest BCUT2D eigenvalue weighted by molar-refractivity contribution is -0.142. The van der Waals surface area contributed by atoms with Crippen LogP contribution in [0.15, 0.2) is 4.99 Å². The van der Waals surface area contributed by atoms with Gasteiger partial charge in [-0.15, -0.1) is 12.4 Å². The van der Waals surface area contributed by atoms with Crippen LogP contribution in [0.5, 0.6) is 0 Å². The fourth-order valence-electron chi connectivity index (χ4n) is 2.62. The fraction of sp³-hybridized carbons (Fsp3) is 0.833. The van der Waals surface area contributed by atoms with Gasteiger partial charge >= 0.3 is 5.97 Å². The van der Waals surface area contributed by atoms with Crippen molar-refractivity contribution in [3.63, 3.8) is 0 Å². The van der Waals surface area contributed by atoms with Gasteiger partial charge in [0.2, 0.25) is 5.91 Å². The van der Waals surface area contributed by atoms with Crippen molar-refractivity contribution in [1.29, 1.82) is 0 Å². The summed E-state index contributed by atoms with van der Waals surface area (Å²) < 4.78 is 0. The molecule has 0 heterocycles. The number of aliphatic imine (C=N–C) groups is 1. The van der Waals surface area contributed by atoms with Crippen LogP contribution in [0.1, 0.15) is 84.0 Å². The number of hydrogen-bond acceptors (Lipinski definition) is 3. The number of halogens is 1. The number of hydrogen-bond donors (Lipinski definition) is 4. The van der Waals surface area contributed by atoms with Gasteiger partial charge in [0.25, 0.3) is 0 Å². The Morgan fingerprint density at radius 1 is 0.962 bits per heavy atom. The second kappa shape index (κ2) is 18.3. The summed E-state index contributed by atoms with van der Waals surface area (Å²) in [4.78, 5) is 26.9. The molecule has 0 spiro atoms. The van der Waals surface area contributed by atoms with Crippen molar-refractivity contribution >= 4 is 30.2 Å².